The Hall–Kier alpha value is -2.01. The van der Waals surface area contributed by atoms with Crippen molar-refractivity contribution in [2.45, 2.75) is 10.1 Å². The summed E-state index contributed by atoms with van der Waals surface area (Å²) in [6.07, 6.45) is 1.76. The smallest absolute Gasteiger partial charge is 0.261 e. The Labute approximate surface area is 108 Å². The van der Waals surface area contributed by atoms with E-state index in [0.717, 1.165) is 21.8 Å². The first kappa shape index (κ1) is 11.1. The molecular weight excluding hydrogens is 246 g/mol. The molecule has 0 spiro atoms. The van der Waals surface area contributed by atoms with Gasteiger partial charge >= 0.3 is 0 Å². The van der Waals surface area contributed by atoms with Gasteiger partial charge < -0.3 is 9.73 Å². The van der Waals surface area contributed by atoms with Gasteiger partial charge in [0.25, 0.3) is 5.22 Å². The fraction of sp³-hybridized carbons (Fsp3) is 0.0769. The van der Waals surface area contributed by atoms with E-state index in [9.17, 15) is 0 Å². The maximum absolute atomic E-state index is 5.66. The molecule has 5 heteroatoms. The Balaban J connectivity index is 1.91. The molecule has 0 atom stereocenters. The zero-order valence-electron chi connectivity index (χ0n) is 9.75. The van der Waals surface area contributed by atoms with Crippen LogP contribution in [0.1, 0.15) is 0 Å². The van der Waals surface area contributed by atoms with Gasteiger partial charge in [0, 0.05) is 18.1 Å². The van der Waals surface area contributed by atoms with Crippen molar-refractivity contribution in [3.63, 3.8) is 0 Å². The SMILES string of the molecule is CNc1cc(Sc2nc3ccccc3o2)ccn1. The Morgan fingerprint density at radius 1 is 1.22 bits per heavy atom. The minimum absolute atomic E-state index is 0.643. The number of fused-ring (bicyclic) bond motifs is 1. The second kappa shape index (κ2) is 4.70. The minimum Gasteiger partial charge on any atom is -0.431 e. The first-order chi connectivity index (χ1) is 8.85. The monoisotopic (exact) mass is 257 g/mol. The molecule has 18 heavy (non-hydrogen) atoms. The number of hydrogen-bond donors (Lipinski definition) is 1. The van der Waals surface area contributed by atoms with Crippen molar-refractivity contribution in [3.8, 4) is 0 Å². The van der Waals surface area contributed by atoms with Gasteiger partial charge in [-0.2, -0.15) is 0 Å². The number of oxazole rings is 1. The summed E-state index contributed by atoms with van der Waals surface area (Å²) in [7, 11) is 1.84. The molecule has 0 aliphatic carbocycles. The third-order valence-corrected chi connectivity index (χ3v) is 3.31. The van der Waals surface area contributed by atoms with Gasteiger partial charge in [-0.25, -0.2) is 9.97 Å². The van der Waals surface area contributed by atoms with Crippen molar-refractivity contribution < 1.29 is 4.42 Å². The van der Waals surface area contributed by atoms with Crippen molar-refractivity contribution in [3.05, 3.63) is 42.6 Å². The van der Waals surface area contributed by atoms with Crippen LogP contribution in [0.3, 0.4) is 0 Å². The highest BCUT2D eigenvalue weighted by atomic mass is 32.2. The summed E-state index contributed by atoms with van der Waals surface area (Å²) < 4.78 is 5.66. The molecule has 0 bridgehead atoms. The number of hydrogen-bond acceptors (Lipinski definition) is 5. The number of aromatic nitrogens is 2. The first-order valence-corrected chi connectivity index (χ1v) is 6.34. The molecule has 0 aliphatic heterocycles. The Morgan fingerprint density at radius 2 is 2.11 bits per heavy atom. The van der Waals surface area contributed by atoms with Gasteiger partial charge in [-0.05, 0) is 36.0 Å². The zero-order chi connectivity index (χ0) is 12.4. The summed E-state index contributed by atoms with van der Waals surface area (Å²) in [5, 5.41) is 3.65. The van der Waals surface area contributed by atoms with Gasteiger partial charge in [0.05, 0.1) is 0 Å². The van der Waals surface area contributed by atoms with Gasteiger partial charge in [0.1, 0.15) is 11.3 Å². The normalized spacial score (nSPS) is 10.7. The van der Waals surface area contributed by atoms with Gasteiger partial charge in [-0.1, -0.05) is 12.1 Å². The summed E-state index contributed by atoms with van der Waals surface area (Å²) in [5.41, 5.74) is 1.69. The highest BCUT2D eigenvalue weighted by Crippen LogP contribution is 2.30. The summed E-state index contributed by atoms with van der Waals surface area (Å²) >= 11 is 1.49. The largest absolute Gasteiger partial charge is 0.431 e. The van der Waals surface area contributed by atoms with E-state index in [4.69, 9.17) is 4.42 Å². The first-order valence-electron chi connectivity index (χ1n) is 5.52. The number of rotatable bonds is 3. The molecule has 0 radical (unpaired) electrons. The Kier molecular flexibility index (Phi) is 2.90. The molecule has 0 amide bonds. The van der Waals surface area contributed by atoms with E-state index in [1.807, 2.05) is 43.4 Å². The summed E-state index contributed by atoms with van der Waals surface area (Å²) in [6, 6.07) is 11.6. The second-order valence-electron chi connectivity index (χ2n) is 3.68. The Morgan fingerprint density at radius 3 is 2.94 bits per heavy atom. The van der Waals surface area contributed by atoms with Crippen LogP contribution in [0.4, 0.5) is 5.82 Å². The van der Waals surface area contributed by atoms with E-state index >= 15 is 0 Å². The highest BCUT2D eigenvalue weighted by Gasteiger charge is 2.07. The summed E-state index contributed by atoms with van der Waals surface area (Å²) in [5.74, 6) is 0.830. The van der Waals surface area contributed by atoms with Crippen LogP contribution < -0.4 is 5.32 Å². The molecular formula is C13H11N3OS. The van der Waals surface area contributed by atoms with Crippen molar-refractivity contribution in [2.24, 2.45) is 0 Å². The highest BCUT2D eigenvalue weighted by molar-refractivity contribution is 7.99. The average Bonchev–Trinajstić information content (AvgIpc) is 2.81. The van der Waals surface area contributed by atoms with Crippen LogP contribution >= 0.6 is 11.8 Å². The summed E-state index contributed by atoms with van der Waals surface area (Å²) in [6.45, 7) is 0. The number of nitrogens with one attached hydrogen (secondary N) is 1. The van der Waals surface area contributed by atoms with E-state index < -0.39 is 0 Å². The molecule has 3 aromatic rings. The third kappa shape index (κ3) is 2.17. The van der Waals surface area contributed by atoms with E-state index in [1.54, 1.807) is 6.20 Å². The van der Waals surface area contributed by atoms with E-state index in [2.05, 4.69) is 15.3 Å². The number of pyridine rings is 1. The lowest BCUT2D eigenvalue weighted by Crippen LogP contribution is -1.90. The maximum atomic E-state index is 5.66. The van der Waals surface area contributed by atoms with E-state index in [1.165, 1.54) is 11.8 Å². The average molecular weight is 257 g/mol. The van der Waals surface area contributed by atoms with Crippen LogP contribution in [0.5, 0.6) is 0 Å². The Bertz CT molecular complexity index is 648. The summed E-state index contributed by atoms with van der Waals surface area (Å²) in [4.78, 5) is 9.63. The van der Waals surface area contributed by atoms with Crippen molar-refractivity contribution in [1.82, 2.24) is 9.97 Å². The number of para-hydroxylation sites is 2. The lowest BCUT2D eigenvalue weighted by atomic mass is 10.3. The predicted octanol–water partition coefficient (Wildman–Crippen LogP) is 3.42. The van der Waals surface area contributed by atoms with Crippen molar-refractivity contribution >= 4 is 28.7 Å². The molecule has 0 unspecified atom stereocenters. The molecule has 1 aromatic carbocycles. The van der Waals surface area contributed by atoms with Crippen LogP contribution in [-0.2, 0) is 0 Å². The lowest BCUT2D eigenvalue weighted by Gasteiger charge is -2.00. The zero-order valence-corrected chi connectivity index (χ0v) is 10.6. The molecule has 0 aliphatic rings. The van der Waals surface area contributed by atoms with Crippen LogP contribution in [0.25, 0.3) is 11.1 Å². The standard InChI is InChI=1S/C13H11N3OS/c1-14-12-8-9(6-7-15-12)18-13-16-10-4-2-3-5-11(10)17-13/h2-8H,1H3,(H,14,15). The van der Waals surface area contributed by atoms with Crippen LogP contribution in [0, 0.1) is 0 Å². The molecule has 3 rings (SSSR count). The quantitative estimate of drug-likeness (QED) is 0.779. The number of nitrogens with zero attached hydrogens (tertiary/aromatic N) is 2. The fourth-order valence-corrected chi connectivity index (χ4v) is 2.38. The fourth-order valence-electron chi connectivity index (χ4n) is 1.61. The second-order valence-corrected chi connectivity index (χ2v) is 4.70. The van der Waals surface area contributed by atoms with Crippen LogP contribution in [0.2, 0.25) is 0 Å². The van der Waals surface area contributed by atoms with E-state index in [-0.39, 0.29) is 0 Å². The maximum Gasteiger partial charge on any atom is 0.261 e. The molecule has 4 nitrogen and oxygen atoms in total. The molecule has 2 heterocycles. The van der Waals surface area contributed by atoms with Crippen LogP contribution in [0.15, 0.2) is 57.1 Å². The molecule has 0 saturated heterocycles. The molecule has 90 valence electrons. The molecule has 0 fully saturated rings. The number of anilines is 1. The van der Waals surface area contributed by atoms with Gasteiger partial charge in [-0.3, -0.25) is 0 Å². The van der Waals surface area contributed by atoms with Gasteiger partial charge in [0.15, 0.2) is 5.58 Å². The minimum atomic E-state index is 0.643. The topological polar surface area (TPSA) is 51.0 Å². The van der Waals surface area contributed by atoms with Crippen molar-refractivity contribution in [1.29, 1.82) is 0 Å². The van der Waals surface area contributed by atoms with Crippen LogP contribution in [-0.4, -0.2) is 17.0 Å². The number of benzene rings is 1. The molecule has 2 aromatic heterocycles. The van der Waals surface area contributed by atoms with Crippen molar-refractivity contribution in [2.75, 3.05) is 12.4 Å². The predicted molar refractivity (Wildman–Crippen MR) is 71.9 cm³/mol. The lowest BCUT2D eigenvalue weighted by molar-refractivity contribution is 0.489. The third-order valence-electron chi connectivity index (χ3n) is 2.47. The van der Waals surface area contributed by atoms with Gasteiger partial charge in [-0.15, -0.1) is 0 Å². The molecule has 1 N–H and O–H groups in total. The molecule has 0 saturated carbocycles. The van der Waals surface area contributed by atoms with E-state index in [0.29, 0.717) is 5.22 Å². The van der Waals surface area contributed by atoms with Gasteiger partial charge in [0.2, 0.25) is 0 Å².